The second kappa shape index (κ2) is 12.6. The number of halogens is 3. The topological polar surface area (TPSA) is 49.4 Å². The molecule has 33 heavy (non-hydrogen) atoms. The van der Waals surface area contributed by atoms with E-state index in [0.29, 0.717) is 21.4 Å². The molecular weight excluding hydrogens is 482 g/mol. The molecule has 3 rings (SSSR count). The van der Waals surface area contributed by atoms with Crippen molar-refractivity contribution in [3.8, 4) is 0 Å². The molecule has 178 valence electrons. The van der Waals surface area contributed by atoms with E-state index >= 15 is 0 Å². The third-order valence-corrected chi connectivity index (χ3v) is 7.62. The zero-order valence-electron chi connectivity index (χ0n) is 18.7. The Bertz CT molecular complexity index is 969. The van der Waals surface area contributed by atoms with Gasteiger partial charge in [0.05, 0.1) is 15.8 Å². The maximum absolute atomic E-state index is 14.3. The Labute approximate surface area is 209 Å². The molecule has 1 N–H and O–H groups in total. The summed E-state index contributed by atoms with van der Waals surface area (Å²) in [6, 6.07) is 11.1. The van der Waals surface area contributed by atoms with Gasteiger partial charge in [-0.05, 0) is 43.5 Å². The molecule has 0 unspecified atom stereocenters. The maximum Gasteiger partial charge on any atom is 0.242 e. The molecule has 2 aromatic carbocycles. The van der Waals surface area contributed by atoms with Crippen LogP contribution in [-0.2, 0) is 21.9 Å². The summed E-state index contributed by atoms with van der Waals surface area (Å²) in [7, 11) is 0. The maximum atomic E-state index is 14.3. The molecule has 2 amide bonds. The van der Waals surface area contributed by atoms with Gasteiger partial charge in [-0.3, -0.25) is 9.59 Å². The predicted molar refractivity (Wildman–Crippen MR) is 134 cm³/mol. The van der Waals surface area contributed by atoms with Crippen molar-refractivity contribution >= 4 is 46.8 Å². The third-order valence-electron chi connectivity index (χ3n) is 5.90. The van der Waals surface area contributed by atoms with Crippen LogP contribution >= 0.6 is 35.0 Å². The zero-order chi connectivity index (χ0) is 23.8. The lowest BCUT2D eigenvalue weighted by Gasteiger charge is -2.31. The molecule has 0 saturated heterocycles. The minimum absolute atomic E-state index is 0.0398. The van der Waals surface area contributed by atoms with Gasteiger partial charge in [0.1, 0.15) is 11.9 Å². The number of nitrogens with zero attached hydrogens (tertiary/aromatic N) is 1. The molecule has 0 spiro atoms. The highest BCUT2D eigenvalue weighted by molar-refractivity contribution is 7.99. The van der Waals surface area contributed by atoms with Crippen LogP contribution in [0.4, 0.5) is 4.39 Å². The number of hydrogen-bond donors (Lipinski definition) is 1. The number of benzene rings is 2. The summed E-state index contributed by atoms with van der Waals surface area (Å²) in [5.41, 5.74) is 1.34. The van der Waals surface area contributed by atoms with Crippen molar-refractivity contribution in [2.45, 2.75) is 63.4 Å². The molecule has 0 bridgehead atoms. The molecule has 4 nitrogen and oxygen atoms in total. The van der Waals surface area contributed by atoms with Gasteiger partial charge in [0.25, 0.3) is 0 Å². The summed E-state index contributed by atoms with van der Waals surface area (Å²) in [6.07, 6.45) is 5.30. The Morgan fingerprint density at radius 2 is 1.85 bits per heavy atom. The number of thioether (sulfide) groups is 1. The monoisotopic (exact) mass is 510 g/mol. The van der Waals surface area contributed by atoms with Crippen LogP contribution in [0.1, 0.15) is 50.2 Å². The smallest absolute Gasteiger partial charge is 0.242 e. The van der Waals surface area contributed by atoms with Crippen molar-refractivity contribution in [1.82, 2.24) is 10.2 Å². The second-order valence-corrected chi connectivity index (χ2v) is 10.2. The van der Waals surface area contributed by atoms with E-state index in [-0.39, 0.29) is 30.2 Å². The number of hydrogen-bond acceptors (Lipinski definition) is 3. The van der Waals surface area contributed by atoms with Gasteiger partial charge >= 0.3 is 0 Å². The quantitative estimate of drug-likeness (QED) is 0.434. The standard InChI is InChI=1S/C25H29Cl2FN2O2S/c1-17(25(32)29-20-8-3-2-4-9-20)30(14-19-7-5-6-10-23(19)28)24(31)16-33-15-18-11-12-21(26)22(27)13-18/h5-7,10-13,17,20H,2-4,8-9,14-16H2,1H3,(H,29,32)/t17-/m1/s1. The number of amides is 2. The van der Waals surface area contributed by atoms with E-state index in [4.69, 9.17) is 23.2 Å². The molecular formula is C25H29Cl2FN2O2S. The average Bonchev–Trinajstić information content (AvgIpc) is 2.81. The van der Waals surface area contributed by atoms with Gasteiger partial charge in [0.15, 0.2) is 0 Å². The minimum atomic E-state index is -0.704. The largest absolute Gasteiger partial charge is 0.352 e. The van der Waals surface area contributed by atoms with Crippen LogP contribution in [0.25, 0.3) is 0 Å². The van der Waals surface area contributed by atoms with Gasteiger partial charge in [-0.1, -0.05) is 66.7 Å². The molecule has 1 aliphatic rings. The first-order valence-electron chi connectivity index (χ1n) is 11.2. The Morgan fingerprint density at radius 1 is 1.12 bits per heavy atom. The summed E-state index contributed by atoms with van der Waals surface area (Å²) in [5.74, 6) is -0.0662. The predicted octanol–water partition coefficient (Wildman–Crippen LogP) is 6.23. The molecule has 0 heterocycles. The van der Waals surface area contributed by atoms with Gasteiger partial charge in [-0.15, -0.1) is 11.8 Å². The molecule has 0 aliphatic heterocycles. The second-order valence-electron chi connectivity index (χ2n) is 8.37. The van der Waals surface area contributed by atoms with Crippen LogP contribution in [0, 0.1) is 5.82 Å². The Morgan fingerprint density at radius 3 is 2.55 bits per heavy atom. The molecule has 2 aromatic rings. The molecule has 1 fully saturated rings. The Kier molecular flexibility index (Phi) is 9.90. The highest BCUT2D eigenvalue weighted by Crippen LogP contribution is 2.25. The molecule has 1 aliphatic carbocycles. The zero-order valence-corrected chi connectivity index (χ0v) is 21.0. The van der Waals surface area contributed by atoms with E-state index in [0.717, 1.165) is 31.2 Å². The fourth-order valence-electron chi connectivity index (χ4n) is 3.93. The van der Waals surface area contributed by atoms with Crippen LogP contribution < -0.4 is 5.32 Å². The number of carbonyl (C=O) groups excluding carboxylic acids is 2. The lowest BCUT2D eigenvalue weighted by atomic mass is 9.95. The van der Waals surface area contributed by atoms with Crippen LogP contribution in [0.15, 0.2) is 42.5 Å². The van der Waals surface area contributed by atoms with E-state index in [9.17, 15) is 14.0 Å². The van der Waals surface area contributed by atoms with Gasteiger partial charge < -0.3 is 10.2 Å². The van der Waals surface area contributed by atoms with Crippen LogP contribution in [0.2, 0.25) is 10.0 Å². The van der Waals surface area contributed by atoms with Gasteiger partial charge in [-0.2, -0.15) is 0 Å². The van der Waals surface area contributed by atoms with Gasteiger partial charge in [-0.25, -0.2) is 4.39 Å². The fourth-order valence-corrected chi connectivity index (χ4v) is 5.11. The average molecular weight is 511 g/mol. The van der Waals surface area contributed by atoms with E-state index in [2.05, 4.69) is 5.32 Å². The van der Waals surface area contributed by atoms with Crippen molar-refractivity contribution in [1.29, 1.82) is 0 Å². The first-order valence-corrected chi connectivity index (χ1v) is 13.1. The normalized spacial score (nSPS) is 15.2. The first-order chi connectivity index (χ1) is 15.8. The molecule has 0 aromatic heterocycles. The van der Waals surface area contributed by atoms with Crippen molar-refractivity contribution in [3.05, 3.63) is 69.5 Å². The Hall–Kier alpha value is -1.76. The van der Waals surface area contributed by atoms with E-state index in [1.54, 1.807) is 37.3 Å². The summed E-state index contributed by atoms with van der Waals surface area (Å²) < 4.78 is 14.3. The third kappa shape index (κ3) is 7.62. The molecule has 1 atom stereocenters. The van der Waals surface area contributed by atoms with Gasteiger partial charge in [0, 0.05) is 23.9 Å². The van der Waals surface area contributed by atoms with Crippen molar-refractivity contribution < 1.29 is 14.0 Å². The summed E-state index contributed by atoms with van der Waals surface area (Å²) in [4.78, 5) is 27.6. The van der Waals surface area contributed by atoms with E-state index in [1.165, 1.54) is 29.1 Å². The molecule has 8 heteroatoms. The fraction of sp³-hybridized carbons (Fsp3) is 0.440. The summed E-state index contributed by atoms with van der Waals surface area (Å²) in [6.45, 7) is 1.75. The highest BCUT2D eigenvalue weighted by Gasteiger charge is 2.28. The van der Waals surface area contributed by atoms with Crippen LogP contribution in [0.3, 0.4) is 0 Å². The molecule has 1 saturated carbocycles. The van der Waals surface area contributed by atoms with Crippen molar-refractivity contribution in [2.75, 3.05) is 5.75 Å². The van der Waals surface area contributed by atoms with Crippen LogP contribution in [-0.4, -0.2) is 34.6 Å². The number of carbonyl (C=O) groups is 2. The van der Waals surface area contributed by atoms with Crippen LogP contribution in [0.5, 0.6) is 0 Å². The molecule has 0 radical (unpaired) electrons. The Balaban J connectivity index is 1.66. The van der Waals surface area contributed by atoms with E-state index < -0.39 is 11.9 Å². The minimum Gasteiger partial charge on any atom is -0.352 e. The van der Waals surface area contributed by atoms with Crippen molar-refractivity contribution in [2.24, 2.45) is 0 Å². The number of nitrogens with one attached hydrogen (secondary N) is 1. The SMILES string of the molecule is C[C@H](C(=O)NC1CCCCC1)N(Cc1ccccc1F)C(=O)CSCc1ccc(Cl)c(Cl)c1. The first kappa shape index (κ1) is 25.9. The lowest BCUT2D eigenvalue weighted by Crippen LogP contribution is -2.51. The highest BCUT2D eigenvalue weighted by atomic mass is 35.5. The summed E-state index contributed by atoms with van der Waals surface area (Å²) >= 11 is 13.5. The summed E-state index contributed by atoms with van der Waals surface area (Å²) in [5, 5.41) is 4.04. The lowest BCUT2D eigenvalue weighted by molar-refractivity contribution is -0.139. The van der Waals surface area contributed by atoms with Gasteiger partial charge in [0.2, 0.25) is 11.8 Å². The van der Waals surface area contributed by atoms with Crippen molar-refractivity contribution in [3.63, 3.8) is 0 Å². The number of rotatable bonds is 9. The van der Waals surface area contributed by atoms with E-state index in [1.807, 2.05) is 6.07 Å².